The molecule has 0 aromatic rings. The second-order valence-electron chi connectivity index (χ2n) is 13.4. The molecule has 0 aromatic carbocycles. The number of aliphatic hydroxyl groups excluding tert-OH is 1. The lowest BCUT2D eigenvalue weighted by molar-refractivity contribution is -0.101. The Hall–Kier alpha value is -0.300. The van der Waals surface area contributed by atoms with Crippen LogP contribution in [0.15, 0.2) is 11.6 Å². The van der Waals surface area contributed by atoms with E-state index in [9.17, 15) is 5.11 Å². The summed E-state index contributed by atoms with van der Waals surface area (Å²) in [6, 6.07) is 0. The average molecular weight is 413 g/mol. The summed E-state index contributed by atoms with van der Waals surface area (Å²) in [5.41, 5.74) is 3.49. The third-order valence-electron chi connectivity index (χ3n) is 12.3. The Labute approximate surface area is 186 Å². The van der Waals surface area contributed by atoms with Gasteiger partial charge in [-0.25, -0.2) is 0 Å². The molecule has 1 heteroatoms. The van der Waals surface area contributed by atoms with E-state index in [1.165, 1.54) is 57.8 Å². The van der Waals surface area contributed by atoms with Gasteiger partial charge in [-0.05, 0) is 129 Å². The maximum absolute atomic E-state index is 10.5. The Balaban J connectivity index is 1.35. The van der Waals surface area contributed by atoms with E-state index in [0.717, 1.165) is 36.0 Å². The molecule has 170 valence electrons. The van der Waals surface area contributed by atoms with Crippen LogP contribution in [0.3, 0.4) is 0 Å². The van der Waals surface area contributed by atoms with Crippen molar-refractivity contribution in [2.24, 2.45) is 57.7 Å². The third-order valence-corrected chi connectivity index (χ3v) is 12.3. The Morgan fingerprint density at radius 1 is 0.933 bits per heavy atom. The Kier molecular flexibility index (Phi) is 5.10. The van der Waals surface area contributed by atoms with Crippen molar-refractivity contribution in [2.45, 2.75) is 112 Å². The Morgan fingerprint density at radius 3 is 2.33 bits per heavy atom. The molecule has 0 saturated heterocycles. The molecule has 0 amide bonds. The van der Waals surface area contributed by atoms with Crippen LogP contribution in [0.25, 0.3) is 0 Å². The first-order chi connectivity index (χ1) is 14.2. The van der Waals surface area contributed by atoms with Gasteiger partial charge < -0.3 is 5.11 Å². The van der Waals surface area contributed by atoms with Crippen LogP contribution in [-0.2, 0) is 0 Å². The fourth-order valence-electron chi connectivity index (χ4n) is 10.3. The van der Waals surface area contributed by atoms with Crippen LogP contribution in [0.1, 0.15) is 106 Å². The predicted molar refractivity (Wildman–Crippen MR) is 126 cm³/mol. The number of allylic oxidation sites excluding steroid dienone is 2. The number of hydrogen-bond acceptors (Lipinski definition) is 1. The topological polar surface area (TPSA) is 20.2 Å². The van der Waals surface area contributed by atoms with Crippen molar-refractivity contribution in [1.82, 2.24) is 0 Å². The van der Waals surface area contributed by atoms with Crippen molar-refractivity contribution in [3.05, 3.63) is 11.6 Å². The first kappa shape index (κ1) is 21.5. The summed E-state index contributed by atoms with van der Waals surface area (Å²) < 4.78 is 0. The number of aliphatic hydroxyl groups is 1. The Morgan fingerprint density at radius 2 is 1.60 bits per heavy atom. The van der Waals surface area contributed by atoms with Crippen LogP contribution >= 0.6 is 0 Å². The lowest BCUT2D eigenvalue weighted by Crippen LogP contribution is -2.51. The standard InChI is InChI=1S/C29H48O/c1-18(2)19(3)7-8-20(4)22-9-11-24-25-12-10-23-21(5)26(30)13-14-28(23)17-29(25,28)16-15-27(22,24)6/h7,18,20-26,30H,8-17H2,1-6H3/b19-7+. The summed E-state index contributed by atoms with van der Waals surface area (Å²) in [5, 5.41) is 10.5. The highest BCUT2D eigenvalue weighted by molar-refractivity contribution is 5.27. The van der Waals surface area contributed by atoms with Crippen LogP contribution in [0.2, 0.25) is 0 Å². The molecule has 0 heterocycles. The minimum Gasteiger partial charge on any atom is -0.393 e. The zero-order valence-corrected chi connectivity index (χ0v) is 20.7. The van der Waals surface area contributed by atoms with Gasteiger partial charge in [0.05, 0.1) is 6.10 Å². The van der Waals surface area contributed by atoms with E-state index in [-0.39, 0.29) is 6.10 Å². The number of fused-ring (bicyclic) bond motifs is 2. The van der Waals surface area contributed by atoms with Gasteiger partial charge in [-0.1, -0.05) is 46.3 Å². The van der Waals surface area contributed by atoms with Gasteiger partial charge in [0.1, 0.15) is 0 Å². The molecule has 0 bridgehead atoms. The highest BCUT2D eigenvalue weighted by Gasteiger charge is 2.78. The minimum atomic E-state index is -0.0252. The second-order valence-corrected chi connectivity index (χ2v) is 13.4. The summed E-state index contributed by atoms with van der Waals surface area (Å²) in [7, 11) is 0. The van der Waals surface area contributed by atoms with Gasteiger partial charge >= 0.3 is 0 Å². The van der Waals surface area contributed by atoms with E-state index < -0.39 is 0 Å². The fourth-order valence-corrected chi connectivity index (χ4v) is 10.3. The normalized spacial score (nSPS) is 53.5. The second kappa shape index (κ2) is 7.10. The summed E-state index contributed by atoms with van der Waals surface area (Å²) in [6.07, 6.45) is 16.6. The number of rotatable bonds is 4. The SMILES string of the molecule is C/C(=C\CC(C)C1CCC2C3CCC4C(C)C(O)CCC45CC35CCC12C)C(C)C. The molecule has 30 heavy (non-hydrogen) atoms. The monoisotopic (exact) mass is 412 g/mol. The van der Waals surface area contributed by atoms with E-state index in [2.05, 4.69) is 47.6 Å². The van der Waals surface area contributed by atoms with Gasteiger partial charge in [0.2, 0.25) is 0 Å². The van der Waals surface area contributed by atoms with Crippen molar-refractivity contribution < 1.29 is 5.11 Å². The molecule has 2 spiro atoms. The van der Waals surface area contributed by atoms with Gasteiger partial charge in [-0.2, -0.15) is 0 Å². The first-order valence-electron chi connectivity index (χ1n) is 13.5. The molecule has 10 unspecified atom stereocenters. The molecular formula is C29H48O. The van der Waals surface area contributed by atoms with Crippen molar-refractivity contribution in [2.75, 3.05) is 0 Å². The maximum atomic E-state index is 10.5. The summed E-state index contributed by atoms with van der Waals surface area (Å²) in [4.78, 5) is 0. The zero-order chi connectivity index (χ0) is 21.5. The first-order valence-corrected chi connectivity index (χ1v) is 13.5. The fraction of sp³-hybridized carbons (Fsp3) is 0.931. The molecule has 0 aliphatic heterocycles. The van der Waals surface area contributed by atoms with Gasteiger partial charge in [-0.3, -0.25) is 0 Å². The van der Waals surface area contributed by atoms with E-state index in [1.807, 2.05) is 0 Å². The lowest BCUT2D eigenvalue weighted by atomic mass is 9.48. The molecule has 0 aromatic heterocycles. The molecule has 5 saturated carbocycles. The molecular weight excluding hydrogens is 364 g/mol. The summed E-state index contributed by atoms with van der Waals surface area (Å²) in [5.74, 6) is 5.79. The van der Waals surface area contributed by atoms with Crippen LogP contribution in [0.5, 0.6) is 0 Å². The lowest BCUT2D eigenvalue weighted by Gasteiger charge is -2.57. The van der Waals surface area contributed by atoms with E-state index in [4.69, 9.17) is 0 Å². The Bertz CT molecular complexity index is 707. The highest BCUT2D eigenvalue weighted by atomic mass is 16.3. The van der Waals surface area contributed by atoms with Gasteiger partial charge in [0.15, 0.2) is 0 Å². The van der Waals surface area contributed by atoms with Crippen molar-refractivity contribution in [1.29, 1.82) is 0 Å². The molecule has 5 rings (SSSR count). The number of hydrogen-bond donors (Lipinski definition) is 1. The average Bonchev–Trinajstić information content (AvgIpc) is 3.25. The van der Waals surface area contributed by atoms with Crippen LogP contribution in [0.4, 0.5) is 0 Å². The highest BCUT2D eigenvalue weighted by Crippen LogP contribution is 2.86. The minimum absolute atomic E-state index is 0.0252. The van der Waals surface area contributed by atoms with E-state index in [1.54, 1.807) is 5.57 Å². The largest absolute Gasteiger partial charge is 0.393 e. The molecule has 5 aliphatic carbocycles. The van der Waals surface area contributed by atoms with Crippen LogP contribution in [0, 0.1) is 57.7 Å². The van der Waals surface area contributed by atoms with Crippen molar-refractivity contribution in [3.63, 3.8) is 0 Å². The maximum Gasteiger partial charge on any atom is 0.0568 e. The molecule has 1 N–H and O–H groups in total. The van der Waals surface area contributed by atoms with E-state index >= 15 is 0 Å². The molecule has 10 atom stereocenters. The van der Waals surface area contributed by atoms with Crippen LogP contribution < -0.4 is 0 Å². The molecule has 0 radical (unpaired) electrons. The molecule has 5 aliphatic rings. The third kappa shape index (κ3) is 2.75. The molecule has 5 fully saturated rings. The van der Waals surface area contributed by atoms with Crippen LogP contribution in [-0.4, -0.2) is 11.2 Å². The van der Waals surface area contributed by atoms with E-state index in [0.29, 0.717) is 28.1 Å². The quantitative estimate of drug-likeness (QED) is 0.470. The van der Waals surface area contributed by atoms with Crippen molar-refractivity contribution >= 4 is 0 Å². The summed E-state index contributed by atoms with van der Waals surface area (Å²) >= 11 is 0. The smallest absolute Gasteiger partial charge is 0.0568 e. The van der Waals surface area contributed by atoms with Gasteiger partial charge in [-0.15, -0.1) is 0 Å². The van der Waals surface area contributed by atoms with Gasteiger partial charge in [0.25, 0.3) is 0 Å². The zero-order valence-electron chi connectivity index (χ0n) is 20.7. The molecule has 1 nitrogen and oxygen atoms in total. The van der Waals surface area contributed by atoms with Gasteiger partial charge in [0, 0.05) is 0 Å². The summed E-state index contributed by atoms with van der Waals surface area (Å²) in [6.45, 7) is 14.6. The van der Waals surface area contributed by atoms with Crippen molar-refractivity contribution in [3.8, 4) is 0 Å². The predicted octanol–water partition coefficient (Wildman–Crippen LogP) is 7.63.